The summed E-state index contributed by atoms with van der Waals surface area (Å²) in [5, 5.41) is 3.80. The Balaban J connectivity index is 2.03. The summed E-state index contributed by atoms with van der Waals surface area (Å²) in [6.07, 6.45) is 2.12. The summed E-state index contributed by atoms with van der Waals surface area (Å²) in [6.45, 7) is 5.07. The van der Waals surface area contributed by atoms with Crippen molar-refractivity contribution in [1.29, 1.82) is 0 Å². The van der Waals surface area contributed by atoms with Crippen molar-refractivity contribution in [2.75, 3.05) is 24.2 Å². The van der Waals surface area contributed by atoms with Gasteiger partial charge in [-0.1, -0.05) is 18.3 Å². The van der Waals surface area contributed by atoms with Gasteiger partial charge < -0.3 is 16.0 Å². The molecule has 1 aliphatic rings. The summed E-state index contributed by atoms with van der Waals surface area (Å²) >= 11 is 1.36. The third kappa shape index (κ3) is 2.58. The van der Waals surface area contributed by atoms with E-state index in [1.54, 1.807) is 0 Å². The molecule has 5 nitrogen and oxygen atoms in total. The van der Waals surface area contributed by atoms with Crippen molar-refractivity contribution in [2.24, 2.45) is 5.92 Å². The second-order valence-corrected chi connectivity index (χ2v) is 5.95. The van der Waals surface area contributed by atoms with Crippen LogP contribution in [0.3, 0.4) is 0 Å². The number of nitrogens with zero attached hydrogens (tertiary/aromatic N) is 2. The summed E-state index contributed by atoms with van der Waals surface area (Å²) in [5.41, 5.74) is 5.81. The normalized spacial score (nSPS) is 22.4. The maximum absolute atomic E-state index is 12.1. The van der Waals surface area contributed by atoms with Crippen LogP contribution >= 0.6 is 11.3 Å². The van der Waals surface area contributed by atoms with Gasteiger partial charge >= 0.3 is 0 Å². The van der Waals surface area contributed by atoms with Gasteiger partial charge in [0.1, 0.15) is 10.7 Å². The van der Waals surface area contributed by atoms with Gasteiger partial charge in [0.2, 0.25) is 0 Å². The molecule has 0 aliphatic heterocycles. The van der Waals surface area contributed by atoms with Gasteiger partial charge in [0.05, 0.1) is 0 Å². The highest BCUT2D eigenvalue weighted by atomic mass is 32.1. The van der Waals surface area contributed by atoms with Gasteiger partial charge in [-0.05, 0) is 25.7 Å². The number of hydrogen-bond acceptors (Lipinski definition) is 5. The molecular weight excluding hydrogens is 248 g/mol. The van der Waals surface area contributed by atoms with Crippen molar-refractivity contribution in [2.45, 2.75) is 32.7 Å². The molecular formula is C12H20N4OS. The molecule has 0 unspecified atom stereocenters. The van der Waals surface area contributed by atoms with Crippen LogP contribution in [-0.4, -0.2) is 30.5 Å². The summed E-state index contributed by atoms with van der Waals surface area (Å²) in [6, 6.07) is 0.307. The van der Waals surface area contributed by atoms with E-state index in [1.807, 2.05) is 18.9 Å². The number of aromatic nitrogens is 1. The van der Waals surface area contributed by atoms with Crippen molar-refractivity contribution in [3.63, 3.8) is 0 Å². The Bertz CT molecular complexity index is 439. The van der Waals surface area contributed by atoms with E-state index in [2.05, 4.69) is 17.2 Å². The number of rotatable bonds is 4. The molecule has 1 aromatic rings. The molecule has 1 saturated carbocycles. The van der Waals surface area contributed by atoms with Crippen LogP contribution in [0, 0.1) is 5.92 Å². The molecule has 0 bridgehead atoms. The number of anilines is 2. The number of nitrogens with two attached hydrogens (primary N) is 1. The molecule has 0 saturated heterocycles. The van der Waals surface area contributed by atoms with Crippen LogP contribution in [0.1, 0.15) is 36.4 Å². The van der Waals surface area contributed by atoms with E-state index < -0.39 is 0 Å². The predicted octanol–water partition coefficient (Wildman–Crippen LogP) is 1.71. The molecule has 0 radical (unpaired) electrons. The molecule has 3 N–H and O–H groups in total. The smallest absolute Gasteiger partial charge is 0.265 e. The van der Waals surface area contributed by atoms with E-state index in [4.69, 9.17) is 5.73 Å². The zero-order valence-corrected chi connectivity index (χ0v) is 11.9. The highest BCUT2D eigenvalue weighted by Crippen LogP contribution is 2.30. The molecule has 1 aromatic heterocycles. The third-order valence-electron chi connectivity index (χ3n) is 3.36. The fourth-order valence-corrected chi connectivity index (χ4v) is 2.97. The fraction of sp³-hybridized carbons (Fsp3) is 0.667. The number of hydrogen-bond donors (Lipinski definition) is 2. The average Bonchev–Trinajstić information content (AvgIpc) is 2.68. The van der Waals surface area contributed by atoms with Gasteiger partial charge in [0, 0.05) is 19.6 Å². The molecule has 0 aromatic carbocycles. The number of carbonyl (C=O) groups is 1. The lowest BCUT2D eigenvalue weighted by molar-refractivity contribution is 0.0901. The van der Waals surface area contributed by atoms with Crippen molar-refractivity contribution < 1.29 is 4.79 Å². The number of nitrogen functional groups attached to an aromatic ring is 1. The summed E-state index contributed by atoms with van der Waals surface area (Å²) < 4.78 is 0. The largest absolute Gasteiger partial charge is 0.382 e. The average molecular weight is 268 g/mol. The van der Waals surface area contributed by atoms with E-state index in [-0.39, 0.29) is 5.91 Å². The first kappa shape index (κ1) is 13.1. The zero-order chi connectivity index (χ0) is 13.3. The molecule has 100 valence electrons. The fourth-order valence-electron chi connectivity index (χ4n) is 2.05. The van der Waals surface area contributed by atoms with Crippen molar-refractivity contribution in [1.82, 2.24) is 10.3 Å². The Morgan fingerprint density at radius 2 is 2.28 bits per heavy atom. The lowest BCUT2D eigenvalue weighted by Gasteiger charge is -2.33. The summed E-state index contributed by atoms with van der Waals surface area (Å²) in [7, 11) is 1.94. The Hall–Kier alpha value is -1.30. The van der Waals surface area contributed by atoms with Gasteiger partial charge in [0.15, 0.2) is 5.13 Å². The minimum Gasteiger partial charge on any atom is -0.382 e. The molecule has 2 rings (SSSR count). The molecule has 1 heterocycles. The number of amides is 1. The molecule has 1 fully saturated rings. The first-order valence-electron chi connectivity index (χ1n) is 6.29. The molecule has 1 amide bonds. The monoisotopic (exact) mass is 268 g/mol. The highest BCUT2D eigenvalue weighted by molar-refractivity contribution is 7.18. The van der Waals surface area contributed by atoms with Gasteiger partial charge in [0.25, 0.3) is 5.91 Å². The number of thiazole rings is 1. The van der Waals surface area contributed by atoms with E-state index in [0.717, 1.165) is 30.4 Å². The van der Waals surface area contributed by atoms with Gasteiger partial charge in [-0.2, -0.15) is 0 Å². The van der Waals surface area contributed by atoms with Crippen LogP contribution in [0.15, 0.2) is 0 Å². The van der Waals surface area contributed by atoms with E-state index in [1.165, 1.54) is 11.3 Å². The third-order valence-corrected chi connectivity index (χ3v) is 4.54. The Labute approximate surface area is 111 Å². The van der Waals surface area contributed by atoms with E-state index in [0.29, 0.717) is 16.7 Å². The van der Waals surface area contributed by atoms with Gasteiger partial charge in [-0.3, -0.25) is 4.79 Å². The minimum absolute atomic E-state index is 0.0855. The molecule has 6 heteroatoms. The van der Waals surface area contributed by atoms with Crippen molar-refractivity contribution in [3.8, 4) is 0 Å². The molecule has 18 heavy (non-hydrogen) atoms. The van der Waals surface area contributed by atoms with E-state index >= 15 is 0 Å². The molecule has 0 spiro atoms. The first-order chi connectivity index (χ1) is 8.51. The Kier molecular flexibility index (Phi) is 3.75. The Morgan fingerprint density at radius 3 is 2.83 bits per heavy atom. The predicted molar refractivity (Wildman–Crippen MR) is 75.1 cm³/mol. The SMILES string of the molecule is CCN(C)c1nc(N)c(C(=O)NC2CC(C)C2)s1. The van der Waals surface area contributed by atoms with Gasteiger partial charge in [-0.25, -0.2) is 4.98 Å². The molecule has 0 atom stereocenters. The van der Waals surface area contributed by atoms with Crippen LogP contribution in [0.25, 0.3) is 0 Å². The van der Waals surface area contributed by atoms with Crippen LogP contribution in [0.5, 0.6) is 0 Å². The summed E-state index contributed by atoms with van der Waals surface area (Å²) in [5.74, 6) is 0.966. The van der Waals surface area contributed by atoms with Crippen molar-refractivity contribution >= 4 is 28.2 Å². The van der Waals surface area contributed by atoms with Crippen LogP contribution in [-0.2, 0) is 0 Å². The second-order valence-electron chi connectivity index (χ2n) is 4.97. The van der Waals surface area contributed by atoms with Crippen LogP contribution < -0.4 is 16.0 Å². The second kappa shape index (κ2) is 5.14. The first-order valence-corrected chi connectivity index (χ1v) is 7.11. The number of carbonyl (C=O) groups excluding carboxylic acids is 1. The molecule has 1 aliphatic carbocycles. The maximum atomic E-state index is 12.1. The standard InChI is InChI=1S/C12H20N4OS/c1-4-16(3)12-15-10(13)9(18-12)11(17)14-8-5-7(2)6-8/h7-8H,4-6,13H2,1-3H3,(H,14,17). The Morgan fingerprint density at radius 1 is 1.61 bits per heavy atom. The maximum Gasteiger partial charge on any atom is 0.265 e. The van der Waals surface area contributed by atoms with Crippen molar-refractivity contribution in [3.05, 3.63) is 4.88 Å². The van der Waals surface area contributed by atoms with E-state index in [9.17, 15) is 4.79 Å². The topological polar surface area (TPSA) is 71.2 Å². The van der Waals surface area contributed by atoms with Crippen LogP contribution in [0.2, 0.25) is 0 Å². The zero-order valence-electron chi connectivity index (χ0n) is 11.1. The lowest BCUT2D eigenvalue weighted by Crippen LogP contribution is -2.43. The minimum atomic E-state index is -0.0855. The number of nitrogens with one attached hydrogen (secondary N) is 1. The van der Waals surface area contributed by atoms with Gasteiger partial charge in [-0.15, -0.1) is 0 Å². The quantitative estimate of drug-likeness (QED) is 0.872. The lowest BCUT2D eigenvalue weighted by atomic mass is 9.82. The van der Waals surface area contributed by atoms with Crippen LogP contribution in [0.4, 0.5) is 10.9 Å². The highest BCUT2D eigenvalue weighted by Gasteiger charge is 2.28. The summed E-state index contributed by atoms with van der Waals surface area (Å²) in [4.78, 5) is 18.8.